The summed E-state index contributed by atoms with van der Waals surface area (Å²) in [5.41, 5.74) is 3.39. The molecule has 0 unspecified atom stereocenters. The van der Waals surface area contributed by atoms with Gasteiger partial charge in [0.1, 0.15) is 11.9 Å². The van der Waals surface area contributed by atoms with Crippen molar-refractivity contribution >= 4 is 17.7 Å². The van der Waals surface area contributed by atoms with Gasteiger partial charge in [-0.05, 0) is 41.5 Å². The summed E-state index contributed by atoms with van der Waals surface area (Å²) in [5.74, 6) is -0.643. The topological polar surface area (TPSA) is 80.8 Å². The Labute approximate surface area is 191 Å². The predicted molar refractivity (Wildman–Crippen MR) is 121 cm³/mol. The number of amides is 2. The van der Waals surface area contributed by atoms with Crippen molar-refractivity contribution < 1.29 is 23.5 Å². The molecule has 170 valence electrons. The molecule has 4 rings (SSSR count). The number of halogens is 1. The monoisotopic (exact) mass is 449 g/mol. The average Bonchev–Trinajstić information content (AvgIpc) is 3.19. The number of anilines is 1. The van der Waals surface area contributed by atoms with Crippen LogP contribution in [0.25, 0.3) is 11.1 Å². The molecule has 0 bridgehead atoms. The summed E-state index contributed by atoms with van der Waals surface area (Å²) in [4.78, 5) is 28.8. The Kier molecular flexibility index (Phi) is 6.95. The van der Waals surface area contributed by atoms with Gasteiger partial charge >= 0.3 is 6.09 Å². The van der Waals surface area contributed by atoms with E-state index in [1.165, 1.54) is 17.9 Å². The van der Waals surface area contributed by atoms with Crippen LogP contribution in [0.1, 0.15) is 18.2 Å². The number of hydrogen-bond acceptors (Lipinski definition) is 5. The quantitative estimate of drug-likeness (QED) is 0.561. The van der Waals surface area contributed by atoms with Crippen LogP contribution in [0.2, 0.25) is 0 Å². The fourth-order valence-corrected chi connectivity index (χ4v) is 3.54. The van der Waals surface area contributed by atoms with Gasteiger partial charge in [0.05, 0.1) is 37.7 Å². The molecule has 0 saturated carbocycles. The van der Waals surface area contributed by atoms with Gasteiger partial charge in [-0.15, -0.1) is 0 Å². The van der Waals surface area contributed by atoms with Crippen LogP contribution in [0.15, 0.2) is 66.9 Å². The highest BCUT2D eigenvalue weighted by Gasteiger charge is 2.32. The van der Waals surface area contributed by atoms with E-state index in [0.717, 1.165) is 16.8 Å². The van der Waals surface area contributed by atoms with Crippen LogP contribution in [-0.4, -0.2) is 36.2 Å². The van der Waals surface area contributed by atoms with E-state index in [2.05, 4.69) is 10.3 Å². The first-order valence-corrected chi connectivity index (χ1v) is 10.6. The Bertz CT molecular complexity index is 1120. The minimum absolute atomic E-state index is 0.203. The Morgan fingerprint density at radius 1 is 1.18 bits per heavy atom. The number of hydrogen-bond donors (Lipinski definition) is 1. The highest BCUT2D eigenvalue weighted by Crippen LogP contribution is 2.29. The third kappa shape index (κ3) is 5.72. The molecule has 1 aliphatic heterocycles. The highest BCUT2D eigenvalue weighted by molar-refractivity contribution is 5.90. The van der Waals surface area contributed by atoms with Gasteiger partial charge in [0, 0.05) is 18.7 Å². The van der Waals surface area contributed by atoms with Crippen molar-refractivity contribution in [3.63, 3.8) is 0 Å². The average molecular weight is 449 g/mol. The number of aromatic nitrogens is 1. The lowest BCUT2D eigenvalue weighted by Gasteiger charge is -2.15. The van der Waals surface area contributed by atoms with Gasteiger partial charge in [-0.3, -0.25) is 14.7 Å². The van der Waals surface area contributed by atoms with Crippen molar-refractivity contribution in [3.8, 4) is 11.1 Å². The van der Waals surface area contributed by atoms with E-state index < -0.39 is 18.0 Å². The second-order valence-electron chi connectivity index (χ2n) is 7.73. The van der Waals surface area contributed by atoms with Crippen LogP contribution in [0.4, 0.5) is 14.9 Å². The SMILES string of the molecule is CC(=O)NC[C@H]1CN(c2ccc(-c3ccc(COCc4ccccn4)cc3)c(F)c2)C(=O)O1. The standard InChI is InChI=1S/C25H24FN3O4/c1-17(30)28-13-22-14-29(25(31)33-22)21-9-10-23(24(26)12-21)19-7-5-18(6-8-19)15-32-16-20-4-2-3-11-27-20/h2-12,22H,13-16H2,1H3,(H,28,30)/t22-/m0/s1. The molecule has 1 N–H and O–H groups in total. The normalized spacial score (nSPS) is 15.4. The first kappa shape index (κ1) is 22.4. The Morgan fingerprint density at radius 3 is 2.70 bits per heavy atom. The Hall–Kier alpha value is -3.78. The summed E-state index contributed by atoms with van der Waals surface area (Å²) in [7, 11) is 0. The molecular formula is C25H24FN3O4. The summed E-state index contributed by atoms with van der Waals surface area (Å²) >= 11 is 0. The molecule has 1 aliphatic rings. The van der Waals surface area contributed by atoms with Gasteiger partial charge in [0.2, 0.25) is 5.91 Å². The van der Waals surface area contributed by atoms with E-state index in [4.69, 9.17) is 9.47 Å². The molecule has 8 heteroatoms. The van der Waals surface area contributed by atoms with E-state index in [1.807, 2.05) is 42.5 Å². The van der Waals surface area contributed by atoms with Crippen LogP contribution < -0.4 is 10.2 Å². The molecule has 7 nitrogen and oxygen atoms in total. The predicted octanol–water partition coefficient (Wildman–Crippen LogP) is 4.07. The first-order valence-electron chi connectivity index (χ1n) is 10.6. The zero-order valence-electron chi connectivity index (χ0n) is 18.2. The third-order valence-corrected chi connectivity index (χ3v) is 5.23. The van der Waals surface area contributed by atoms with Crippen molar-refractivity contribution in [2.45, 2.75) is 26.2 Å². The fourth-order valence-electron chi connectivity index (χ4n) is 3.54. The molecule has 0 aliphatic carbocycles. The van der Waals surface area contributed by atoms with E-state index in [-0.39, 0.29) is 19.0 Å². The summed E-state index contributed by atoms with van der Waals surface area (Å²) in [6.07, 6.45) is 0.688. The molecule has 0 radical (unpaired) electrons. The molecule has 2 heterocycles. The number of benzene rings is 2. The molecular weight excluding hydrogens is 425 g/mol. The third-order valence-electron chi connectivity index (χ3n) is 5.23. The number of carbonyl (C=O) groups excluding carboxylic acids is 2. The number of nitrogens with one attached hydrogen (secondary N) is 1. The van der Waals surface area contributed by atoms with Crippen LogP contribution in [-0.2, 0) is 27.5 Å². The second kappa shape index (κ2) is 10.2. The Balaban J connectivity index is 1.37. The van der Waals surface area contributed by atoms with Crippen LogP contribution in [0.5, 0.6) is 0 Å². The van der Waals surface area contributed by atoms with E-state index in [0.29, 0.717) is 24.5 Å². The number of carbonyl (C=O) groups is 2. The van der Waals surface area contributed by atoms with E-state index >= 15 is 0 Å². The lowest BCUT2D eigenvalue weighted by molar-refractivity contribution is -0.119. The molecule has 2 aromatic carbocycles. The van der Waals surface area contributed by atoms with Gasteiger partial charge in [-0.1, -0.05) is 30.3 Å². The fraction of sp³-hybridized carbons (Fsp3) is 0.240. The molecule has 3 aromatic rings. The van der Waals surface area contributed by atoms with Gasteiger partial charge in [-0.2, -0.15) is 0 Å². The van der Waals surface area contributed by atoms with Crippen LogP contribution in [0.3, 0.4) is 0 Å². The van der Waals surface area contributed by atoms with Gasteiger partial charge < -0.3 is 14.8 Å². The molecule has 0 spiro atoms. The summed E-state index contributed by atoms with van der Waals surface area (Å²) in [6.45, 7) is 2.70. The van der Waals surface area contributed by atoms with Gasteiger partial charge in [0.25, 0.3) is 0 Å². The molecule has 33 heavy (non-hydrogen) atoms. The lowest BCUT2D eigenvalue weighted by Crippen LogP contribution is -2.33. The molecule has 1 atom stereocenters. The van der Waals surface area contributed by atoms with Crippen molar-refractivity contribution in [2.24, 2.45) is 0 Å². The number of rotatable bonds is 8. The number of pyridine rings is 1. The lowest BCUT2D eigenvalue weighted by atomic mass is 10.0. The maximum absolute atomic E-state index is 14.9. The van der Waals surface area contributed by atoms with E-state index in [9.17, 15) is 14.0 Å². The number of nitrogens with zero attached hydrogens (tertiary/aromatic N) is 2. The van der Waals surface area contributed by atoms with Gasteiger partial charge in [0.15, 0.2) is 0 Å². The minimum Gasteiger partial charge on any atom is -0.442 e. The maximum atomic E-state index is 14.9. The molecule has 1 aromatic heterocycles. The van der Waals surface area contributed by atoms with Gasteiger partial charge in [-0.25, -0.2) is 9.18 Å². The molecule has 2 amide bonds. The minimum atomic E-state index is -0.562. The summed E-state index contributed by atoms with van der Waals surface area (Å²) < 4.78 is 25.8. The zero-order valence-corrected chi connectivity index (χ0v) is 18.2. The maximum Gasteiger partial charge on any atom is 0.414 e. The smallest absolute Gasteiger partial charge is 0.414 e. The summed E-state index contributed by atoms with van der Waals surface area (Å²) in [6, 6.07) is 17.8. The summed E-state index contributed by atoms with van der Waals surface area (Å²) in [5, 5.41) is 2.62. The van der Waals surface area contributed by atoms with Crippen molar-refractivity contribution in [2.75, 3.05) is 18.0 Å². The number of cyclic esters (lactones) is 1. The van der Waals surface area contributed by atoms with Crippen molar-refractivity contribution in [1.29, 1.82) is 0 Å². The van der Waals surface area contributed by atoms with Crippen LogP contribution in [0, 0.1) is 5.82 Å². The van der Waals surface area contributed by atoms with Crippen molar-refractivity contribution in [3.05, 3.63) is 83.9 Å². The first-order chi connectivity index (χ1) is 16.0. The number of ether oxygens (including phenoxy) is 2. The highest BCUT2D eigenvalue weighted by atomic mass is 19.1. The van der Waals surface area contributed by atoms with Crippen molar-refractivity contribution in [1.82, 2.24) is 10.3 Å². The zero-order chi connectivity index (χ0) is 23.2. The molecule has 1 saturated heterocycles. The van der Waals surface area contributed by atoms with Crippen LogP contribution >= 0.6 is 0 Å². The largest absolute Gasteiger partial charge is 0.442 e. The molecule has 1 fully saturated rings. The Morgan fingerprint density at radius 2 is 2.00 bits per heavy atom. The second-order valence-corrected chi connectivity index (χ2v) is 7.73. The van der Waals surface area contributed by atoms with E-state index in [1.54, 1.807) is 18.3 Å².